The second kappa shape index (κ2) is 3.31. The molecular weight excluding hydrogens is 194 g/mol. The first-order chi connectivity index (χ1) is 6.84. The number of aliphatic hydroxyl groups is 1. The van der Waals surface area contributed by atoms with Crippen LogP contribution in [0.25, 0.3) is 0 Å². The minimum Gasteiger partial charge on any atom is -0.388 e. The van der Waals surface area contributed by atoms with Gasteiger partial charge < -0.3 is 5.11 Å². The summed E-state index contributed by atoms with van der Waals surface area (Å²) in [7, 11) is 0. The van der Waals surface area contributed by atoms with Gasteiger partial charge in [0.2, 0.25) is 0 Å². The van der Waals surface area contributed by atoms with Crippen LogP contribution >= 0.6 is 11.5 Å². The molecule has 0 spiro atoms. The molecule has 2 nitrogen and oxygen atoms in total. The van der Waals surface area contributed by atoms with E-state index in [1.54, 1.807) is 0 Å². The fraction of sp³-hybridized carbons (Fsp3) is 0.727. The standard InChI is InChI=1S/C11H15NOS/c13-11(9-5-12-14-6-9)10-4-7-1-2-8(10)3-7/h5-8,10-11,13H,1-4H2. The summed E-state index contributed by atoms with van der Waals surface area (Å²) in [6.07, 6.45) is 6.91. The first kappa shape index (κ1) is 8.86. The normalized spacial score (nSPS) is 37.6. The largest absolute Gasteiger partial charge is 0.388 e. The molecule has 1 aromatic rings. The molecule has 0 radical (unpaired) electrons. The number of aromatic nitrogens is 1. The van der Waals surface area contributed by atoms with Gasteiger partial charge in [0.25, 0.3) is 0 Å². The van der Waals surface area contributed by atoms with Gasteiger partial charge in [-0.05, 0) is 48.5 Å². The summed E-state index contributed by atoms with van der Waals surface area (Å²) in [6.45, 7) is 0. The summed E-state index contributed by atoms with van der Waals surface area (Å²) in [6, 6.07) is 0. The second-order valence-electron chi connectivity index (χ2n) is 4.74. The molecule has 1 aromatic heterocycles. The van der Waals surface area contributed by atoms with Gasteiger partial charge in [0, 0.05) is 17.1 Å². The van der Waals surface area contributed by atoms with Gasteiger partial charge in [0.15, 0.2) is 0 Å². The van der Waals surface area contributed by atoms with E-state index in [1.807, 2.05) is 11.6 Å². The molecule has 0 saturated heterocycles. The van der Waals surface area contributed by atoms with Crippen LogP contribution < -0.4 is 0 Å². The van der Waals surface area contributed by atoms with Crippen molar-refractivity contribution in [3.63, 3.8) is 0 Å². The number of rotatable bonds is 2. The van der Waals surface area contributed by atoms with E-state index in [1.165, 1.54) is 37.2 Å². The number of hydrogen-bond acceptors (Lipinski definition) is 3. The minimum atomic E-state index is -0.246. The Labute approximate surface area is 88.1 Å². The molecule has 14 heavy (non-hydrogen) atoms. The maximum absolute atomic E-state index is 10.2. The van der Waals surface area contributed by atoms with E-state index in [0.717, 1.165) is 17.4 Å². The van der Waals surface area contributed by atoms with Crippen molar-refractivity contribution in [1.29, 1.82) is 0 Å². The molecule has 4 unspecified atom stereocenters. The second-order valence-corrected chi connectivity index (χ2v) is 5.40. The van der Waals surface area contributed by atoms with Crippen LogP contribution in [-0.4, -0.2) is 9.48 Å². The van der Waals surface area contributed by atoms with Gasteiger partial charge in [-0.15, -0.1) is 0 Å². The van der Waals surface area contributed by atoms with Crippen molar-refractivity contribution in [1.82, 2.24) is 4.37 Å². The Morgan fingerprint density at radius 1 is 1.43 bits per heavy atom. The molecule has 2 aliphatic carbocycles. The summed E-state index contributed by atoms with van der Waals surface area (Å²) in [5.74, 6) is 2.21. The van der Waals surface area contributed by atoms with E-state index >= 15 is 0 Å². The van der Waals surface area contributed by atoms with Crippen molar-refractivity contribution >= 4 is 11.5 Å². The number of nitrogens with zero attached hydrogens (tertiary/aromatic N) is 1. The summed E-state index contributed by atoms with van der Waals surface area (Å²) >= 11 is 1.44. The Hall–Kier alpha value is -0.410. The highest BCUT2D eigenvalue weighted by Gasteiger charge is 2.43. The average molecular weight is 209 g/mol. The quantitative estimate of drug-likeness (QED) is 0.812. The molecule has 3 heteroatoms. The first-order valence-electron chi connectivity index (χ1n) is 5.42. The monoisotopic (exact) mass is 209 g/mol. The first-order valence-corrected chi connectivity index (χ1v) is 6.25. The van der Waals surface area contributed by atoms with Crippen LogP contribution in [0.3, 0.4) is 0 Å². The van der Waals surface area contributed by atoms with Crippen LogP contribution in [0.2, 0.25) is 0 Å². The molecule has 1 N–H and O–H groups in total. The van der Waals surface area contributed by atoms with E-state index in [9.17, 15) is 5.11 Å². The summed E-state index contributed by atoms with van der Waals surface area (Å²) < 4.78 is 4.06. The Balaban J connectivity index is 1.77. The number of fused-ring (bicyclic) bond motifs is 2. The van der Waals surface area contributed by atoms with Crippen LogP contribution in [-0.2, 0) is 0 Å². The third kappa shape index (κ3) is 1.30. The van der Waals surface area contributed by atoms with Gasteiger partial charge in [-0.1, -0.05) is 6.42 Å². The van der Waals surface area contributed by atoms with E-state index < -0.39 is 0 Å². The predicted octanol–water partition coefficient (Wildman–Crippen LogP) is 2.61. The van der Waals surface area contributed by atoms with Crippen molar-refractivity contribution in [2.24, 2.45) is 17.8 Å². The summed E-state index contributed by atoms with van der Waals surface area (Å²) in [5, 5.41) is 12.2. The highest BCUT2D eigenvalue weighted by Crippen LogP contribution is 2.52. The molecule has 0 amide bonds. The Kier molecular flexibility index (Phi) is 2.10. The van der Waals surface area contributed by atoms with Crippen LogP contribution in [0.15, 0.2) is 11.6 Å². The highest BCUT2D eigenvalue weighted by molar-refractivity contribution is 7.03. The van der Waals surface area contributed by atoms with Gasteiger partial charge in [-0.3, -0.25) is 0 Å². The van der Waals surface area contributed by atoms with Crippen molar-refractivity contribution in [2.75, 3.05) is 0 Å². The molecule has 1 heterocycles. The fourth-order valence-corrected chi connectivity index (χ4v) is 3.85. The SMILES string of the molecule is OC(c1cnsc1)C1CC2CCC1C2. The molecular formula is C11H15NOS. The lowest BCUT2D eigenvalue weighted by Gasteiger charge is -2.25. The predicted molar refractivity (Wildman–Crippen MR) is 56.0 cm³/mol. The van der Waals surface area contributed by atoms with Crippen LogP contribution in [0, 0.1) is 17.8 Å². The molecule has 2 aliphatic rings. The maximum atomic E-state index is 10.2. The molecule has 2 bridgehead atoms. The maximum Gasteiger partial charge on any atom is 0.0844 e. The van der Waals surface area contributed by atoms with Crippen molar-refractivity contribution < 1.29 is 5.11 Å². The molecule has 76 valence electrons. The topological polar surface area (TPSA) is 33.1 Å². The van der Waals surface area contributed by atoms with Gasteiger partial charge in [0.1, 0.15) is 0 Å². The van der Waals surface area contributed by atoms with E-state index in [2.05, 4.69) is 4.37 Å². The minimum absolute atomic E-state index is 0.246. The zero-order valence-electron chi connectivity index (χ0n) is 8.10. The van der Waals surface area contributed by atoms with Crippen molar-refractivity contribution in [3.8, 4) is 0 Å². The lowest BCUT2D eigenvalue weighted by Crippen LogP contribution is -2.18. The van der Waals surface area contributed by atoms with Crippen molar-refractivity contribution in [2.45, 2.75) is 31.8 Å². The Morgan fingerprint density at radius 3 is 2.93 bits per heavy atom. The number of hydrogen-bond donors (Lipinski definition) is 1. The summed E-state index contributed by atoms with van der Waals surface area (Å²) in [4.78, 5) is 0. The molecule has 2 fully saturated rings. The van der Waals surface area contributed by atoms with E-state index in [-0.39, 0.29) is 6.10 Å². The van der Waals surface area contributed by atoms with Crippen LogP contribution in [0.4, 0.5) is 0 Å². The van der Waals surface area contributed by atoms with Crippen LogP contribution in [0.1, 0.15) is 37.4 Å². The molecule has 0 aliphatic heterocycles. The van der Waals surface area contributed by atoms with E-state index in [0.29, 0.717) is 5.92 Å². The third-order valence-corrected chi connectivity index (χ3v) is 4.60. The Morgan fingerprint density at radius 2 is 2.36 bits per heavy atom. The fourth-order valence-electron chi connectivity index (χ4n) is 3.29. The zero-order valence-corrected chi connectivity index (χ0v) is 8.91. The zero-order chi connectivity index (χ0) is 9.54. The van der Waals surface area contributed by atoms with Gasteiger partial charge in [-0.2, -0.15) is 0 Å². The number of aliphatic hydroxyl groups excluding tert-OH is 1. The molecule has 0 aromatic carbocycles. The molecule has 2 saturated carbocycles. The van der Waals surface area contributed by atoms with Crippen molar-refractivity contribution in [3.05, 3.63) is 17.1 Å². The molecule has 4 atom stereocenters. The Bertz CT molecular complexity index is 311. The third-order valence-electron chi connectivity index (χ3n) is 3.99. The summed E-state index contributed by atoms with van der Waals surface area (Å²) in [5.41, 5.74) is 1.03. The average Bonchev–Trinajstić information content (AvgIpc) is 2.93. The smallest absolute Gasteiger partial charge is 0.0844 e. The lowest BCUT2D eigenvalue weighted by atomic mass is 9.83. The van der Waals surface area contributed by atoms with Gasteiger partial charge in [0.05, 0.1) is 6.10 Å². The van der Waals surface area contributed by atoms with Gasteiger partial charge >= 0.3 is 0 Å². The van der Waals surface area contributed by atoms with Crippen LogP contribution in [0.5, 0.6) is 0 Å². The molecule has 3 rings (SSSR count). The van der Waals surface area contributed by atoms with Gasteiger partial charge in [-0.25, -0.2) is 4.37 Å². The highest BCUT2D eigenvalue weighted by atomic mass is 32.1. The lowest BCUT2D eigenvalue weighted by molar-refractivity contribution is 0.0747. The van der Waals surface area contributed by atoms with E-state index in [4.69, 9.17) is 0 Å².